The van der Waals surface area contributed by atoms with Crippen LogP contribution in [0.5, 0.6) is 0 Å². The zero-order valence-corrected chi connectivity index (χ0v) is 16.0. The van der Waals surface area contributed by atoms with E-state index < -0.39 is 0 Å². The van der Waals surface area contributed by atoms with Gasteiger partial charge in [0.05, 0.1) is 17.8 Å². The van der Waals surface area contributed by atoms with Crippen LogP contribution in [0, 0.1) is 0 Å². The van der Waals surface area contributed by atoms with Crippen molar-refractivity contribution in [1.29, 1.82) is 0 Å². The number of carbonyl (C=O) groups excluding carboxylic acids is 2. The molecule has 2 aromatic heterocycles. The van der Waals surface area contributed by atoms with E-state index in [4.69, 9.17) is 0 Å². The Morgan fingerprint density at radius 1 is 1.11 bits per heavy atom. The highest BCUT2D eigenvalue weighted by Crippen LogP contribution is 2.21. The van der Waals surface area contributed by atoms with Crippen molar-refractivity contribution in [2.24, 2.45) is 0 Å². The standard InChI is InChI=1S/C20H20N4O2S/c1-24(2)20(26)15-8-6-14(7-9-15)12-22-18(25)11-16-13-27-19(23-16)17-5-3-4-10-21-17/h3-10,13H,11-12H2,1-2H3,(H,22,25). The Hall–Kier alpha value is -3.06. The van der Waals surface area contributed by atoms with E-state index in [9.17, 15) is 9.59 Å². The summed E-state index contributed by atoms with van der Waals surface area (Å²) in [4.78, 5) is 34.3. The van der Waals surface area contributed by atoms with Crippen LogP contribution >= 0.6 is 11.3 Å². The minimum atomic E-state index is -0.0960. The van der Waals surface area contributed by atoms with Crippen LogP contribution in [0.25, 0.3) is 10.7 Å². The summed E-state index contributed by atoms with van der Waals surface area (Å²) in [7, 11) is 3.43. The third-order valence-electron chi connectivity index (χ3n) is 3.87. The fourth-order valence-corrected chi connectivity index (χ4v) is 3.24. The van der Waals surface area contributed by atoms with Crippen molar-refractivity contribution in [3.8, 4) is 10.7 Å². The van der Waals surface area contributed by atoms with Crippen molar-refractivity contribution in [3.05, 3.63) is 70.9 Å². The second-order valence-electron chi connectivity index (χ2n) is 6.21. The molecule has 0 unspecified atom stereocenters. The minimum Gasteiger partial charge on any atom is -0.352 e. The van der Waals surface area contributed by atoms with Crippen molar-refractivity contribution in [3.63, 3.8) is 0 Å². The number of rotatable bonds is 6. The number of aromatic nitrogens is 2. The minimum absolute atomic E-state index is 0.0437. The molecule has 0 aliphatic carbocycles. The summed E-state index contributed by atoms with van der Waals surface area (Å²) in [5, 5.41) is 5.57. The predicted octanol–water partition coefficient (Wildman–Crippen LogP) is 2.77. The Morgan fingerprint density at radius 3 is 2.56 bits per heavy atom. The van der Waals surface area contributed by atoms with Crippen molar-refractivity contribution < 1.29 is 9.59 Å². The Kier molecular flexibility index (Phi) is 5.93. The van der Waals surface area contributed by atoms with E-state index in [-0.39, 0.29) is 18.2 Å². The van der Waals surface area contributed by atoms with Gasteiger partial charge in [-0.15, -0.1) is 11.3 Å². The molecule has 7 heteroatoms. The molecule has 3 aromatic rings. The number of nitrogens with one attached hydrogen (secondary N) is 1. The third-order valence-corrected chi connectivity index (χ3v) is 4.79. The first-order valence-electron chi connectivity index (χ1n) is 8.46. The average molecular weight is 380 g/mol. The van der Waals surface area contributed by atoms with Crippen LogP contribution in [0.4, 0.5) is 0 Å². The zero-order valence-electron chi connectivity index (χ0n) is 15.2. The van der Waals surface area contributed by atoms with Crippen LogP contribution in [0.2, 0.25) is 0 Å². The summed E-state index contributed by atoms with van der Waals surface area (Å²) in [6, 6.07) is 12.9. The number of benzene rings is 1. The summed E-state index contributed by atoms with van der Waals surface area (Å²) in [6.07, 6.45) is 1.95. The lowest BCUT2D eigenvalue weighted by Gasteiger charge is -2.10. The maximum absolute atomic E-state index is 12.2. The number of hydrogen-bond donors (Lipinski definition) is 1. The molecule has 0 fully saturated rings. The van der Waals surface area contributed by atoms with E-state index in [0.717, 1.165) is 22.0 Å². The molecule has 6 nitrogen and oxygen atoms in total. The summed E-state index contributed by atoms with van der Waals surface area (Å²) < 4.78 is 0. The van der Waals surface area contributed by atoms with Crippen LogP contribution in [0.15, 0.2) is 54.0 Å². The predicted molar refractivity (Wildman–Crippen MR) is 105 cm³/mol. The van der Waals surface area contributed by atoms with Gasteiger partial charge in [-0.05, 0) is 29.8 Å². The Labute approximate surface area is 161 Å². The van der Waals surface area contributed by atoms with Crippen LogP contribution in [-0.2, 0) is 17.8 Å². The van der Waals surface area contributed by atoms with E-state index in [1.165, 1.54) is 16.2 Å². The summed E-state index contributed by atoms with van der Waals surface area (Å²) in [5.41, 5.74) is 3.09. The molecule has 1 N–H and O–H groups in total. The number of nitrogens with zero attached hydrogens (tertiary/aromatic N) is 3. The van der Waals surface area contributed by atoms with Gasteiger partial charge in [0, 0.05) is 37.8 Å². The van der Waals surface area contributed by atoms with Crippen LogP contribution in [-0.4, -0.2) is 40.8 Å². The molecular formula is C20H20N4O2S. The van der Waals surface area contributed by atoms with Gasteiger partial charge in [-0.2, -0.15) is 0 Å². The van der Waals surface area contributed by atoms with E-state index >= 15 is 0 Å². The second-order valence-corrected chi connectivity index (χ2v) is 7.07. The van der Waals surface area contributed by atoms with Gasteiger partial charge in [-0.25, -0.2) is 4.98 Å². The van der Waals surface area contributed by atoms with Crippen molar-refractivity contribution in [1.82, 2.24) is 20.2 Å². The maximum Gasteiger partial charge on any atom is 0.253 e. The molecule has 27 heavy (non-hydrogen) atoms. The van der Waals surface area contributed by atoms with Crippen molar-refractivity contribution in [2.45, 2.75) is 13.0 Å². The third kappa shape index (κ3) is 4.98. The van der Waals surface area contributed by atoms with E-state index in [2.05, 4.69) is 15.3 Å². The second kappa shape index (κ2) is 8.55. The highest BCUT2D eigenvalue weighted by Gasteiger charge is 2.10. The van der Waals surface area contributed by atoms with E-state index in [1.807, 2.05) is 35.7 Å². The van der Waals surface area contributed by atoms with Gasteiger partial charge in [0.25, 0.3) is 5.91 Å². The molecule has 0 aliphatic heterocycles. The van der Waals surface area contributed by atoms with Gasteiger partial charge >= 0.3 is 0 Å². The molecule has 0 aliphatic rings. The maximum atomic E-state index is 12.2. The zero-order chi connectivity index (χ0) is 19.2. The first-order chi connectivity index (χ1) is 13.0. The Morgan fingerprint density at radius 2 is 1.89 bits per heavy atom. The van der Waals surface area contributed by atoms with Gasteiger partial charge in [0.2, 0.25) is 5.91 Å². The summed E-state index contributed by atoms with van der Waals surface area (Å²) in [6.45, 7) is 0.409. The van der Waals surface area contributed by atoms with Gasteiger partial charge < -0.3 is 10.2 Å². The first kappa shape index (κ1) is 18.7. The van der Waals surface area contributed by atoms with Crippen LogP contribution in [0.3, 0.4) is 0 Å². The summed E-state index contributed by atoms with van der Waals surface area (Å²) >= 11 is 1.48. The molecule has 0 saturated heterocycles. The lowest BCUT2D eigenvalue weighted by molar-refractivity contribution is -0.120. The number of hydrogen-bond acceptors (Lipinski definition) is 5. The number of thiazole rings is 1. The lowest BCUT2D eigenvalue weighted by atomic mass is 10.1. The van der Waals surface area contributed by atoms with Gasteiger partial charge in [0.1, 0.15) is 5.01 Å². The molecule has 0 atom stereocenters. The fraction of sp³-hybridized carbons (Fsp3) is 0.200. The molecule has 1 aromatic carbocycles. The molecule has 0 radical (unpaired) electrons. The Bertz CT molecular complexity index is 921. The average Bonchev–Trinajstić information content (AvgIpc) is 3.15. The lowest BCUT2D eigenvalue weighted by Crippen LogP contribution is -2.25. The normalized spacial score (nSPS) is 10.4. The van der Waals surface area contributed by atoms with Crippen molar-refractivity contribution in [2.75, 3.05) is 14.1 Å². The molecule has 0 spiro atoms. The quantitative estimate of drug-likeness (QED) is 0.714. The molecule has 2 amide bonds. The largest absolute Gasteiger partial charge is 0.352 e. The van der Waals surface area contributed by atoms with Gasteiger partial charge in [-0.1, -0.05) is 18.2 Å². The van der Waals surface area contributed by atoms with Gasteiger partial charge in [0.15, 0.2) is 0 Å². The highest BCUT2D eigenvalue weighted by molar-refractivity contribution is 7.13. The monoisotopic (exact) mass is 380 g/mol. The molecule has 0 saturated carbocycles. The molecule has 2 heterocycles. The highest BCUT2D eigenvalue weighted by atomic mass is 32.1. The smallest absolute Gasteiger partial charge is 0.253 e. The number of pyridine rings is 1. The summed E-state index contributed by atoms with van der Waals surface area (Å²) in [5.74, 6) is -0.140. The topological polar surface area (TPSA) is 75.2 Å². The first-order valence-corrected chi connectivity index (χ1v) is 9.34. The van der Waals surface area contributed by atoms with Crippen LogP contribution < -0.4 is 5.32 Å². The molecular weight excluding hydrogens is 360 g/mol. The fourth-order valence-electron chi connectivity index (χ4n) is 2.45. The van der Waals surface area contributed by atoms with Crippen molar-refractivity contribution >= 4 is 23.2 Å². The molecule has 0 bridgehead atoms. The molecule has 3 rings (SSSR count). The van der Waals surface area contributed by atoms with Crippen LogP contribution in [0.1, 0.15) is 21.6 Å². The molecule has 138 valence electrons. The van der Waals surface area contributed by atoms with E-state index in [0.29, 0.717) is 12.1 Å². The Balaban J connectivity index is 1.53. The van der Waals surface area contributed by atoms with Gasteiger partial charge in [-0.3, -0.25) is 14.6 Å². The van der Waals surface area contributed by atoms with E-state index in [1.54, 1.807) is 32.4 Å². The number of carbonyl (C=O) groups is 2. The number of amides is 2. The SMILES string of the molecule is CN(C)C(=O)c1ccc(CNC(=O)Cc2csc(-c3ccccn3)n2)cc1.